The molecular formula is C7H17NOS. The molecule has 62 valence electrons. The van der Waals surface area contributed by atoms with E-state index >= 15 is 0 Å². The molecule has 0 rings (SSSR count). The maximum Gasteiger partial charge on any atom is 0.0924 e. The van der Waals surface area contributed by atoms with Gasteiger partial charge in [-0.2, -0.15) is 0 Å². The summed E-state index contributed by atoms with van der Waals surface area (Å²) in [6, 6.07) is 0. The van der Waals surface area contributed by atoms with Crippen molar-refractivity contribution in [2.75, 3.05) is 25.3 Å². The molecule has 0 aromatic carbocycles. The van der Waals surface area contributed by atoms with Crippen molar-refractivity contribution in [3.8, 4) is 0 Å². The molecule has 0 spiro atoms. The highest BCUT2D eigenvalue weighted by atomic mass is 32.2. The van der Waals surface area contributed by atoms with Gasteiger partial charge in [0.15, 0.2) is 0 Å². The highest BCUT2D eigenvalue weighted by Crippen LogP contribution is 2.00. The smallest absolute Gasteiger partial charge is 0.0924 e. The lowest BCUT2D eigenvalue weighted by Gasteiger charge is -2.05. The van der Waals surface area contributed by atoms with Gasteiger partial charge in [-0.25, -0.2) is 0 Å². The standard InChI is InChI=1S/C7H17NOS/c1-7(2)9-6-10-5-4-8-3/h7-8H,4-6H2,1-3H3. The van der Waals surface area contributed by atoms with E-state index in [1.54, 1.807) is 0 Å². The first kappa shape index (κ1) is 10.3. The maximum absolute atomic E-state index is 5.32. The second-order valence-electron chi connectivity index (χ2n) is 2.35. The quantitative estimate of drug-likeness (QED) is 0.471. The Morgan fingerprint density at radius 1 is 1.50 bits per heavy atom. The number of nitrogens with one attached hydrogen (secondary N) is 1. The Morgan fingerprint density at radius 3 is 2.70 bits per heavy atom. The summed E-state index contributed by atoms with van der Waals surface area (Å²) >= 11 is 1.82. The van der Waals surface area contributed by atoms with E-state index < -0.39 is 0 Å². The molecule has 0 fully saturated rings. The molecule has 0 saturated heterocycles. The van der Waals surface area contributed by atoms with E-state index in [1.165, 1.54) is 0 Å². The topological polar surface area (TPSA) is 21.3 Å². The summed E-state index contributed by atoms with van der Waals surface area (Å²) < 4.78 is 5.32. The minimum Gasteiger partial charge on any atom is -0.368 e. The Kier molecular flexibility index (Phi) is 7.58. The van der Waals surface area contributed by atoms with E-state index in [-0.39, 0.29) is 0 Å². The van der Waals surface area contributed by atoms with Crippen LogP contribution in [0.25, 0.3) is 0 Å². The highest BCUT2D eigenvalue weighted by Gasteiger charge is 1.91. The Balaban J connectivity index is 2.77. The summed E-state index contributed by atoms with van der Waals surface area (Å²) in [4.78, 5) is 0. The number of thioether (sulfide) groups is 1. The Hall–Kier alpha value is 0.270. The van der Waals surface area contributed by atoms with Crippen molar-refractivity contribution in [2.24, 2.45) is 0 Å². The van der Waals surface area contributed by atoms with Gasteiger partial charge in [-0.05, 0) is 20.9 Å². The van der Waals surface area contributed by atoms with E-state index in [9.17, 15) is 0 Å². The van der Waals surface area contributed by atoms with Gasteiger partial charge in [0.1, 0.15) is 0 Å². The molecule has 0 amide bonds. The highest BCUT2D eigenvalue weighted by molar-refractivity contribution is 7.99. The predicted molar refractivity (Wildman–Crippen MR) is 47.5 cm³/mol. The summed E-state index contributed by atoms with van der Waals surface area (Å²) in [6.07, 6.45) is 0.363. The SMILES string of the molecule is CNCCSCOC(C)C. The lowest BCUT2D eigenvalue weighted by atomic mass is 10.5. The summed E-state index contributed by atoms with van der Waals surface area (Å²) in [7, 11) is 1.96. The van der Waals surface area contributed by atoms with Crippen molar-refractivity contribution in [2.45, 2.75) is 20.0 Å². The van der Waals surface area contributed by atoms with Crippen LogP contribution in [-0.4, -0.2) is 31.4 Å². The Labute approximate surface area is 67.7 Å². The molecule has 0 aliphatic rings. The van der Waals surface area contributed by atoms with Crippen LogP contribution in [0.1, 0.15) is 13.8 Å². The van der Waals surface area contributed by atoms with Gasteiger partial charge < -0.3 is 10.1 Å². The number of ether oxygens (including phenoxy) is 1. The van der Waals surface area contributed by atoms with Gasteiger partial charge in [0, 0.05) is 12.3 Å². The van der Waals surface area contributed by atoms with Crippen LogP contribution in [0.5, 0.6) is 0 Å². The number of hydrogen-bond acceptors (Lipinski definition) is 3. The molecule has 0 unspecified atom stereocenters. The molecule has 0 saturated carbocycles. The summed E-state index contributed by atoms with van der Waals surface area (Å²) in [6.45, 7) is 5.17. The molecule has 0 aromatic heterocycles. The van der Waals surface area contributed by atoms with Gasteiger partial charge in [-0.15, -0.1) is 11.8 Å². The first-order valence-electron chi connectivity index (χ1n) is 3.61. The van der Waals surface area contributed by atoms with E-state index in [4.69, 9.17) is 4.74 Å². The van der Waals surface area contributed by atoms with Gasteiger partial charge in [0.05, 0.1) is 12.0 Å². The molecule has 0 bridgehead atoms. The third-order valence-electron chi connectivity index (χ3n) is 0.981. The zero-order valence-electron chi connectivity index (χ0n) is 7.02. The fraction of sp³-hybridized carbons (Fsp3) is 1.00. The molecule has 1 N–H and O–H groups in total. The van der Waals surface area contributed by atoms with Crippen LogP contribution in [0.3, 0.4) is 0 Å². The normalized spacial score (nSPS) is 10.8. The van der Waals surface area contributed by atoms with Gasteiger partial charge in [0.2, 0.25) is 0 Å². The van der Waals surface area contributed by atoms with Crippen LogP contribution in [0.4, 0.5) is 0 Å². The largest absolute Gasteiger partial charge is 0.368 e. The van der Waals surface area contributed by atoms with Crippen LogP contribution < -0.4 is 5.32 Å². The van der Waals surface area contributed by atoms with Crippen LogP contribution in [0.2, 0.25) is 0 Å². The second-order valence-corrected chi connectivity index (χ2v) is 3.40. The average molecular weight is 163 g/mol. The van der Waals surface area contributed by atoms with Crippen molar-refractivity contribution in [1.29, 1.82) is 0 Å². The zero-order chi connectivity index (χ0) is 7.82. The van der Waals surface area contributed by atoms with E-state index in [0.29, 0.717) is 6.10 Å². The monoisotopic (exact) mass is 163 g/mol. The molecule has 2 nitrogen and oxygen atoms in total. The Morgan fingerprint density at radius 2 is 2.20 bits per heavy atom. The van der Waals surface area contributed by atoms with Crippen LogP contribution in [-0.2, 0) is 4.74 Å². The lowest BCUT2D eigenvalue weighted by molar-refractivity contribution is 0.120. The van der Waals surface area contributed by atoms with Gasteiger partial charge >= 0.3 is 0 Å². The maximum atomic E-state index is 5.32. The van der Waals surface area contributed by atoms with Crippen molar-refractivity contribution >= 4 is 11.8 Å². The van der Waals surface area contributed by atoms with Crippen LogP contribution in [0.15, 0.2) is 0 Å². The third kappa shape index (κ3) is 8.27. The van der Waals surface area contributed by atoms with Crippen LogP contribution in [0, 0.1) is 0 Å². The predicted octanol–water partition coefficient (Wildman–Crippen LogP) is 1.32. The number of hydrogen-bond donors (Lipinski definition) is 1. The van der Waals surface area contributed by atoms with Crippen molar-refractivity contribution in [3.05, 3.63) is 0 Å². The lowest BCUT2D eigenvalue weighted by Crippen LogP contribution is -2.11. The van der Waals surface area contributed by atoms with Gasteiger partial charge in [-0.1, -0.05) is 0 Å². The minimum atomic E-state index is 0.363. The molecule has 0 radical (unpaired) electrons. The van der Waals surface area contributed by atoms with Gasteiger partial charge in [0.25, 0.3) is 0 Å². The van der Waals surface area contributed by atoms with Crippen molar-refractivity contribution < 1.29 is 4.74 Å². The van der Waals surface area contributed by atoms with E-state index in [0.717, 1.165) is 18.2 Å². The molecular weight excluding hydrogens is 146 g/mol. The molecule has 0 aliphatic carbocycles. The third-order valence-corrected chi connectivity index (χ3v) is 1.78. The molecule has 0 aromatic rings. The summed E-state index contributed by atoms with van der Waals surface area (Å²) in [5.41, 5.74) is 0. The fourth-order valence-electron chi connectivity index (χ4n) is 0.417. The fourth-order valence-corrected chi connectivity index (χ4v) is 1.25. The second kappa shape index (κ2) is 7.38. The number of rotatable bonds is 6. The van der Waals surface area contributed by atoms with Crippen molar-refractivity contribution in [1.82, 2.24) is 5.32 Å². The molecule has 0 heterocycles. The molecule has 3 heteroatoms. The average Bonchev–Trinajstić information content (AvgIpc) is 1.87. The van der Waals surface area contributed by atoms with E-state index in [2.05, 4.69) is 19.2 Å². The first-order chi connectivity index (χ1) is 4.77. The Bertz CT molecular complexity index is 68.6. The van der Waals surface area contributed by atoms with E-state index in [1.807, 2.05) is 18.8 Å². The molecule has 0 aliphatic heterocycles. The summed E-state index contributed by atoms with van der Waals surface area (Å²) in [5, 5.41) is 3.08. The molecule has 10 heavy (non-hydrogen) atoms. The molecule has 0 atom stereocenters. The minimum absolute atomic E-state index is 0.363. The van der Waals surface area contributed by atoms with Crippen LogP contribution >= 0.6 is 11.8 Å². The van der Waals surface area contributed by atoms with Gasteiger partial charge in [-0.3, -0.25) is 0 Å². The first-order valence-corrected chi connectivity index (χ1v) is 4.76. The van der Waals surface area contributed by atoms with Crippen molar-refractivity contribution in [3.63, 3.8) is 0 Å². The summed E-state index contributed by atoms with van der Waals surface area (Å²) in [5.74, 6) is 1.95. The zero-order valence-corrected chi connectivity index (χ0v) is 7.83.